The van der Waals surface area contributed by atoms with Crippen molar-refractivity contribution >= 4 is 23.2 Å². The lowest BCUT2D eigenvalue weighted by Gasteiger charge is -2.12. The third-order valence-corrected chi connectivity index (χ3v) is 3.84. The van der Waals surface area contributed by atoms with E-state index in [1.165, 1.54) is 12.3 Å². The molecule has 1 amide bonds. The molecule has 2 aromatic carbocycles. The number of amides is 1. The van der Waals surface area contributed by atoms with Gasteiger partial charge < -0.3 is 20.1 Å². The molecule has 0 saturated heterocycles. The van der Waals surface area contributed by atoms with Gasteiger partial charge in [-0.3, -0.25) is 4.79 Å². The molecule has 0 atom stereocenters. The van der Waals surface area contributed by atoms with Crippen molar-refractivity contribution in [2.75, 3.05) is 24.9 Å². The zero-order valence-corrected chi connectivity index (χ0v) is 15.3. The number of para-hydroxylation sites is 1. The molecule has 0 unspecified atom stereocenters. The third kappa shape index (κ3) is 4.16. The highest BCUT2D eigenvalue weighted by atomic mass is 16.5. The highest BCUT2D eigenvalue weighted by Crippen LogP contribution is 2.30. The summed E-state index contributed by atoms with van der Waals surface area (Å²) >= 11 is 0. The Labute approximate surface area is 161 Å². The van der Waals surface area contributed by atoms with Crippen LogP contribution in [0.3, 0.4) is 0 Å². The van der Waals surface area contributed by atoms with Crippen LogP contribution in [0.1, 0.15) is 16.1 Å². The first-order chi connectivity index (χ1) is 13.6. The maximum absolute atomic E-state index is 12.5. The number of anilines is 3. The van der Waals surface area contributed by atoms with Crippen LogP contribution in [0.5, 0.6) is 11.5 Å². The number of ether oxygens (including phenoxy) is 2. The molecule has 28 heavy (non-hydrogen) atoms. The Morgan fingerprint density at radius 1 is 1.07 bits per heavy atom. The second-order valence-electron chi connectivity index (χ2n) is 5.57. The average molecular weight is 375 g/mol. The number of carbonyl (C=O) groups is 1. The summed E-state index contributed by atoms with van der Waals surface area (Å²) in [6.07, 6.45) is 1.47. The van der Waals surface area contributed by atoms with E-state index in [0.29, 0.717) is 28.4 Å². The van der Waals surface area contributed by atoms with Gasteiger partial charge >= 0.3 is 0 Å². The van der Waals surface area contributed by atoms with Crippen molar-refractivity contribution in [3.05, 3.63) is 66.0 Å². The van der Waals surface area contributed by atoms with Gasteiger partial charge in [-0.1, -0.05) is 12.1 Å². The molecule has 0 fully saturated rings. The van der Waals surface area contributed by atoms with E-state index >= 15 is 0 Å². The van der Waals surface area contributed by atoms with Crippen molar-refractivity contribution in [3.63, 3.8) is 0 Å². The number of nitriles is 1. The lowest BCUT2D eigenvalue weighted by Crippen LogP contribution is -2.15. The van der Waals surface area contributed by atoms with Crippen molar-refractivity contribution in [2.24, 2.45) is 0 Å². The maximum atomic E-state index is 12.5. The van der Waals surface area contributed by atoms with Gasteiger partial charge in [0.2, 0.25) is 5.95 Å². The van der Waals surface area contributed by atoms with E-state index in [-0.39, 0.29) is 11.6 Å². The minimum absolute atomic E-state index is 0.145. The number of aromatic nitrogens is 2. The van der Waals surface area contributed by atoms with Gasteiger partial charge in [0.05, 0.1) is 31.2 Å². The Bertz CT molecular complexity index is 1050. The fraction of sp³-hybridized carbons (Fsp3) is 0.100. The standard InChI is InChI=1S/C20H17N5O3/c1-27-14-7-8-18(28-2)17(11-14)25-20-22-10-9-16(24-20)19(26)23-15-6-4-3-5-13(15)12-21/h3-11H,1-2H3,(H,23,26)(H,22,24,25). The topological polar surface area (TPSA) is 109 Å². The number of hydrogen-bond donors (Lipinski definition) is 2. The maximum Gasteiger partial charge on any atom is 0.274 e. The third-order valence-electron chi connectivity index (χ3n) is 3.84. The Morgan fingerprint density at radius 3 is 2.64 bits per heavy atom. The molecule has 0 aliphatic rings. The number of rotatable bonds is 6. The van der Waals surface area contributed by atoms with Gasteiger partial charge in [0.1, 0.15) is 23.3 Å². The van der Waals surface area contributed by atoms with Gasteiger partial charge in [-0.2, -0.15) is 5.26 Å². The monoisotopic (exact) mass is 375 g/mol. The molecule has 1 heterocycles. The second-order valence-corrected chi connectivity index (χ2v) is 5.57. The van der Waals surface area contributed by atoms with Crippen LogP contribution in [0.2, 0.25) is 0 Å². The average Bonchev–Trinajstić information content (AvgIpc) is 2.74. The first-order valence-corrected chi connectivity index (χ1v) is 8.27. The van der Waals surface area contributed by atoms with Crippen molar-refractivity contribution in [2.45, 2.75) is 0 Å². The van der Waals surface area contributed by atoms with Gasteiger partial charge in [0.15, 0.2) is 0 Å². The van der Waals surface area contributed by atoms with Gasteiger partial charge in [0, 0.05) is 12.3 Å². The zero-order chi connectivity index (χ0) is 19.9. The molecule has 0 saturated carbocycles. The number of benzene rings is 2. The normalized spacial score (nSPS) is 9.89. The van der Waals surface area contributed by atoms with Gasteiger partial charge in [-0.15, -0.1) is 0 Å². The summed E-state index contributed by atoms with van der Waals surface area (Å²) < 4.78 is 10.5. The van der Waals surface area contributed by atoms with Gasteiger partial charge in [0.25, 0.3) is 5.91 Å². The van der Waals surface area contributed by atoms with Crippen molar-refractivity contribution in [3.8, 4) is 17.6 Å². The molecule has 0 aliphatic carbocycles. The minimum atomic E-state index is -0.453. The smallest absolute Gasteiger partial charge is 0.274 e. The molecule has 8 nitrogen and oxygen atoms in total. The number of nitrogens with one attached hydrogen (secondary N) is 2. The first-order valence-electron chi connectivity index (χ1n) is 8.27. The second kappa shape index (κ2) is 8.51. The summed E-state index contributed by atoms with van der Waals surface area (Å²) in [5.74, 6) is 0.964. The largest absolute Gasteiger partial charge is 0.497 e. The van der Waals surface area contributed by atoms with Crippen LogP contribution >= 0.6 is 0 Å². The van der Waals surface area contributed by atoms with Gasteiger partial charge in [-0.25, -0.2) is 9.97 Å². The Balaban J connectivity index is 1.83. The van der Waals surface area contributed by atoms with E-state index in [1.54, 1.807) is 56.7 Å². The Morgan fingerprint density at radius 2 is 1.89 bits per heavy atom. The summed E-state index contributed by atoms with van der Waals surface area (Å²) in [7, 11) is 3.11. The molecule has 3 rings (SSSR count). The van der Waals surface area contributed by atoms with Crippen LogP contribution in [0.25, 0.3) is 0 Å². The summed E-state index contributed by atoms with van der Waals surface area (Å²) in [4.78, 5) is 20.9. The molecular weight excluding hydrogens is 358 g/mol. The predicted octanol–water partition coefficient (Wildman–Crippen LogP) is 3.36. The van der Waals surface area contributed by atoms with E-state index in [1.807, 2.05) is 6.07 Å². The highest BCUT2D eigenvalue weighted by Gasteiger charge is 2.13. The highest BCUT2D eigenvalue weighted by molar-refractivity contribution is 6.03. The lowest BCUT2D eigenvalue weighted by molar-refractivity contribution is 0.102. The number of carbonyl (C=O) groups excluding carboxylic acids is 1. The summed E-state index contributed by atoms with van der Waals surface area (Å²) in [6, 6.07) is 15.5. The first kappa shape index (κ1) is 18.7. The number of hydrogen-bond acceptors (Lipinski definition) is 7. The zero-order valence-electron chi connectivity index (χ0n) is 15.3. The molecule has 3 aromatic rings. The van der Waals surface area contributed by atoms with E-state index in [2.05, 4.69) is 20.6 Å². The molecular formula is C20H17N5O3. The number of methoxy groups -OCH3 is 2. The van der Waals surface area contributed by atoms with E-state index in [4.69, 9.17) is 14.7 Å². The number of nitrogens with zero attached hydrogens (tertiary/aromatic N) is 3. The fourth-order valence-electron chi connectivity index (χ4n) is 2.45. The molecule has 0 bridgehead atoms. The lowest BCUT2D eigenvalue weighted by atomic mass is 10.2. The Kier molecular flexibility index (Phi) is 5.67. The molecule has 1 aromatic heterocycles. The SMILES string of the molecule is COc1ccc(OC)c(Nc2nccc(C(=O)Nc3ccccc3C#N)n2)c1. The molecule has 0 spiro atoms. The predicted molar refractivity (Wildman–Crippen MR) is 104 cm³/mol. The summed E-state index contributed by atoms with van der Waals surface area (Å²) in [5, 5.41) is 14.8. The molecule has 2 N–H and O–H groups in total. The molecule has 8 heteroatoms. The minimum Gasteiger partial charge on any atom is -0.497 e. The summed E-state index contributed by atoms with van der Waals surface area (Å²) in [5.41, 5.74) is 1.52. The quantitative estimate of drug-likeness (QED) is 0.680. The fourth-order valence-corrected chi connectivity index (χ4v) is 2.45. The molecule has 140 valence electrons. The van der Waals surface area contributed by atoms with Crippen molar-refractivity contribution < 1.29 is 14.3 Å². The molecule has 0 radical (unpaired) electrons. The van der Waals surface area contributed by atoms with Crippen LogP contribution in [-0.2, 0) is 0 Å². The van der Waals surface area contributed by atoms with Crippen molar-refractivity contribution in [1.29, 1.82) is 5.26 Å². The van der Waals surface area contributed by atoms with E-state index in [0.717, 1.165) is 0 Å². The van der Waals surface area contributed by atoms with E-state index < -0.39 is 5.91 Å². The van der Waals surface area contributed by atoms with Gasteiger partial charge in [-0.05, 0) is 30.3 Å². The molecule has 0 aliphatic heterocycles. The van der Waals surface area contributed by atoms with Crippen LogP contribution < -0.4 is 20.1 Å². The van der Waals surface area contributed by atoms with Crippen LogP contribution in [0.15, 0.2) is 54.7 Å². The van der Waals surface area contributed by atoms with Crippen LogP contribution in [0.4, 0.5) is 17.3 Å². The van der Waals surface area contributed by atoms with Crippen molar-refractivity contribution in [1.82, 2.24) is 9.97 Å². The van der Waals surface area contributed by atoms with Crippen LogP contribution in [0, 0.1) is 11.3 Å². The van der Waals surface area contributed by atoms with Crippen LogP contribution in [-0.4, -0.2) is 30.1 Å². The Hall–Kier alpha value is -4.12. The summed E-state index contributed by atoms with van der Waals surface area (Å²) in [6.45, 7) is 0. The van der Waals surface area contributed by atoms with E-state index in [9.17, 15) is 4.79 Å².